The number of carbonyl (C=O) groups is 1. The number of nitrogens with one attached hydrogen (secondary N) is 1. The Hall–Kier alpha value is -1.88. The van der Waals surface area contributed by atoms with Gasteiger partial charge in [-0.25, -0.2) is 4.99 Å². The standard InChI is InChI=1S/C12H15N3O2/c1-8(16)14-7-6-12(17)9-4-2-3-5-10(9)15-11(12)13/h2-5,17H,6-7H2,1H3,(H2,13,15)(H,14,16). The summed E-state index contributed by atoms with van der Waals surface area (Å²) in [6.45, 7) is 1.79. The van der Waals surface area contributed by atoms with Crippen molar-refractivity contribution >= 4 is 17.4 Å². The van der Waals surface area contributed by atoms with Crippen molar-refractivity contribution < 1.29 is 9.90 Å². The second kappa shape index (κ2) is 4.18. The number of amidine groups is 1. The molecule has 1 aliphatic heterocycles. The van der Waals surface area contributed by atoms with Gasteiger partial charge in [-0.05, 0) is 6.07 Å². The van der Waals surface area contributed by atoms with E-state index in [0.717, 1.165) is 0 Å². The van der Waals surface area contributed by atoms with E-state index in [1.54, 1.807) is 12.1 Å². The number of amides is 1. The second-order valence-electron chi connectivity index (χ2n) is 4.11. The Morgan fingerprint density at radius 2 is 2.24 bits per heavy atom. The molecule has 90 valence electrons. The van der Waals surface area contributed by atoms with Crippen LogP contribution in [0.4, 0.5) is 5.69 Å². The molecule has 0 saturated carbocycles. The molecule has 1 unspecified atom stereocenters. The molecular formula is C12H15N3O2. The van der Waals surface area contributed by atoms with Gasteiger partial charge < -0.3 is 16.2 Å². The number of hydrogen-bond donors (Lipinski definition) is 3. The van der Waals surface area contributed by atoms with Gasteiger partial charge in [0.1, 0.15) is 5.84 Å². The van der Waals surface area contributed by atoms with Crippen LogP contribution < -0.4 is 11.1 Å². The van der Waals surface area contributed by atoms with Gasteiger partial charge in [-0.1, -0.05) is 18.2 Å². The smallest absolute Gasteiger partial charge is 0.216 e. The lowest BCUT2D eigenvalue weighted by Gasteiger charge is -2.23. The van der Waals surface area contributed by atoms with Gasteiger partial charge in [0.25, 0.3) is 0 Å². The van der Waals surface area contributed by atoms with Crippen molar-refractivity contribution in [3.63, 3.8) is 0 Å². The first-order valence-electron chi connectivity index (χ1n) is 5.45. The van der Waals surface area contributed by atoms with Gasteiger partial charge in [0.05, 0.1) is 5.69 Å². The van der Waals surface area contributed by atoms with E-state index in [0.29, 0.717) is 24.2 Å². The summed E-state index contributed by atoms with van der Waals surface area (Å²) in [6.07, 6.45) is 0.318. The molecule has 1 aromatic carbocycles. The maximum Gasteiger partial charge on any atom is 0.216 e. The number of fused-ring (bicyclic) bond motifs is 1. The van der Waals surface area contributed by atoms with Gasteiger partial charge in [0.2, 0.25) is 5.91 Å². The van der Waals surface area contributed by atoms with Gasteiger partial charge in [-0.15, -0.1) is 0 Å². The molecule has 0 saturated heterocycles. The van der Waals surface area contributed by atoms with Gasteiger partial charge >= 0.3 is 0 Å². The molecule has 1 amide bonds. The van der Waals surface area contributed by atoms with Crippen molar-refractivity contribution in [2.24, 2.45) is 10.7 Å². The van der Waals surface area contributed by atoms with E-state index in [2.05, 4.69) is 10.3 Å². The Labute approximate surface area is 99.4 Å². The minimum Gasteiger partial charge on any atom is -0.384 e. The summed E-state index contributed by atoms with van der Waals surface area (Å²) in [5, 5.41) is 13.2. The number of rotatable bonds is 3. The van der Waals surface area contributed by atoms with E-state index in [9.17, 15) is 9.90 Å². The predicted molar refractivity (Wildman–Crippen MR) is 64.9 cm³/mol. The van der Waals surface area contributed by atoms with Gasteiger partial charge in [0, 0.05) is 25.5 Å². The third-order valence-electron chi connectivity index (χ3n) is 2.88. The van der Waals surface area contributed by atoms with Crippen LogP contribution in [-0.2, 0) is 10.4 Å². The zero-order chi connectivity index (χ0) is 12.5. The number of hydrogen-bond acceptors (Lipinski definition) is 4. The zero-order valence-corrected chi connectivity index (χ0v) is 9.60. The number of benzene rings is 1. The van der Waals surface area contributed by atoms with E-state index in [4.69, 9.17) is 5.73 Å². The number of carbonyl (C=O) groups excluding carboxylic acids is 1. The van der Waals surface area contributed by atoms with Gasteiger partial charge in [-0.3, -0.25) is 4.79 Å². The highest BCUT2D eigenvalue weighted by Gasteiger charge is 2.39. The molecule has 1 heterocycles. The highest BCUT2D eigenvalue weighted by molar-refractivity contribution is 5.97. The lowest BCUT2D eigenvalue weighted by atomic mass is 9.90. The number of nitrogens with zero attached hydrogens (tertiary/aromatic N) is 1. The Balaban J connectivity index is 2.20. The summed E-state index contributed by atoms with van der Waals surface area (Å²) in [4.78, 5) is 14.9. The van der Waals surface area contributed by atoms with Crippen LogP contribution in [-0.4, -0.2) is 23.4 Å². The molecule has 4 N–H and O–H groups in total. The molecule has 0 radical (unpaired) electrons. The Kier molecular flexibility index (Phi) is 2.85. The fourth-order valence-corrected chi connectivity index (χ4v) is 1.96. The van der Waals surface area contributed by atoms with Gasteiger partial charge in [0.15, 0.2) is 5.60 Å². The molecule has 1 aliphatic rings. The van der Waals surface area contributed by atoms with E-state index >= 15 is 0 Å². The van der Waals surface area contributed by atoms with Crippen LogP contribution in [0.3, 0.4) is 0 Å². The average molecular weight is 233 g/mol. The first-order chi connectivity index (χ1) is 8.04. The van der Waals surface area contributed by atoms with Crippen LogP contribution in [0.1, 0.15) is 18.9 Å². The molecule has 1 atom stereocenters. The Morgan fingerprint density at radius 3 is 2.94 bits per heavy atom. The van der Waals surface area contributed by atoms with E-state index in [1.807, 2.05) is 12.1 Å². The zero-order valence-electron chi connectivity index (χ0n) is 9.60. The maximum atomic E-state index is 10.8. The maximum absolute atomic E-state index is 10.8. The molecule has 5 heteroatoms. The van der Waals surface area contributed by atoms with Crippen LogP contribution in [0, 0.1) is 0 Å². The topological polar surface area (TPSA) is 87.7 Å². The first kappa shape index (κ1) is 11.6. The van der Waals surface area contributed by atoms with Crippen LogP contribution >= 0.6 is 0 Å². The van der Waals surface area contributed by atoms with Crippen molar-refractivity contribution in [3.05, 3.63) is 29.8 Å². The van der Waals surface area contributed by atoms with Crippen LogP contribution in [0.5, 0.6) is 0 Å². The Morgan fingerprint density at radius 1 is 1.53 bits per heavy atom. The molecule has 17 heavy (non-hydrogen) atoms. The highest BCUT2D eigenvalue weighted by atomic mass is 16.3. The minimum atomic E-state index is -1.26. The summed E-state index contributed by atoms with van der Waals surface area (Å²) in [5.41, 5.74) is 5.89. The first-order valence-corrected chi connectivity index (χ1v) is 5.45. The molecule has 0 spiro atoms. The van der Waals surface area contributed by atoms with E-state index in [-0.39, 0.29) is 11.7 Å². The van der Waals surface area contributed by atoms with Crippen molar-refractivity contribution in [3.8, 4) is 0 Å². The summed E-state index contributed by atoms with van der Waals surface area (Å²) in [6, 6.07) is 7.27. The average Bonchev–Trinajstić information content (AvgIpc) is 2.52. The third-order valence-corrected chi connectivity index (χ3v) is 2.88. The lowest BCUT2D eigenvalue weighted by molar-refractivity contribution is -0.119. The van der Waals surface area contributed by atoms with Crippen molar-refractivity contribution in [2.75, 3.05) is 6.54 Å². The fraction of sp³-hybridized carbons (Fsp3) is 0.333. The molecule has 0 aromatic heterocycles. The molecule has 5 nitrogen and oxygen atoms in total. The quantitative estimate of drug-likeness (QED) is 0.706. The van der Waals surface area contributed by atoms with Crippen LogP contribution in [0.2, 0.25) is 0 Å². The number of nitrogens with two attached hydrogens (primary N) is 1. The molecule has 1 aromatic rings. The lowest BCUT2D eigenvalue weighted by Crippen LogP contribution is -2.41. The molecule has 2 rings (SSSR count). The van der Waals surface area contributed by atoms with Crippen molar-refractivity contribution in [2.45, 2.75) is 18.9 Å². The number of para-hydroxylation sites is 1. The van der Waals surface area contributed by atoms with Crippen LogP contribution in [0.15, 0.2) is 29.3 Å². The summed E-state index contributed by atoms with van der Waals surface area (Å²) in [7, 11) is 0. The monoisotopic (exact) mass is 233 g/mol. The molecule has 0 aliphatic carbocycles. The number of aliphatic hydroxyl groups is 1. The van der Waals surface area contributed by atoms with E-state index in [1.165, 1.54) is 6.92 Å². The van der Waals surface area contributed by atoms with Crippen LogP contribution in [0.25, 0.3) is 0 Å². The third kappa shape index (κ3) is 2.01. The molecular weight excluding hydrogens is 218 g/mol. The van der Waals surface area contributed by atoms with Gasteiger partial charge in [-0.2, -0.15) is 0 Å². The molecule has 0 bridgehead atoms. The minimum absolute atomic E-state index is 0.129. The fourth-order valence-electron chi connectivity index (χ4n) is 1.96. The summed E-state index contributed by atoms with van der Waals surface area (Å²) in [5.74, 6) is 0.0550. The number of aliphatic imine (C=N–C) groups is 1. The van der Waals surface area contributed by atoms with E-state index < -0.39 is 5.60 Å². The summed E-state index contributed by atoms with van der Waals surface area (Å²) >= 11 is 0. The molecule has 0 fully saturated rings. The SMILES string of the molecule is CC(=O)NCCC1(O)C(N)=Nc2ccccc21. The largest absolute Gasteiger partial charge is 0.384 e. The Bertz CT molecular complexity index is 484. The summed E-state index contributed by atoms with van der Waals surface area (Å²) < 4.78 is 0. The van der Waals surface area contributed by atoms with Crippen molar-refractivity contribution in [1.29, 1.82) is 0 Å². The normalized spacial score (nSPS) is 21.9. The highest BCUT2D eigenvalue weighted by Crippen LogP contribution is 2.38. The van der Waals surface area contributed by atoms with Crippen molar-refractivity contribution in [1.82, 2.24) is 5.32 Å². The predicted octanol–water partition coefficient (Wildman–Crippen LogP) is 0.403. The second-order valence-corrected chi connectivity index (χ2v) is 4.11.